The molecule has 0 radical (unpaired) electrons. The van der Waals surface area contributed by atoms with E-state index in [9.17, 15) is 4.79 Å². The molecule has 0 aromatic carbocycles. The van der Waals surface area contributed by atoms with Gasteiger partial charge in [-0.1, -0.05) is 0 Å². The summed E-state index contributed by atoms with van der Waals surface area (Å²) in [6, 6.07) is 1.96. The van der Waals surface area contributed by atoms with Crippen LogP contribution in [0.5, 0.6) is 0 Å². The lowest BCUT2D eigenvalue weighted by Crippen LogP contribution is -2.46. The van der Waals surface area contributed by atoms with Gasteiger partial charge in [-0.25, -0.2) is 0 Å². The molecule has 2 unspecified atom stereocenters. The summed E-state index contributed by atoms with van der Waals surface area (Å²) in [6.45, 7) is 2.39. The van der Waals surface area contributed by atoms with Gasteiger partial charge in [-0.05, 0) is 36.9 Å². The first-order valence-electron chi connectivity index (χ1n) is 6.43. The van der Waals surface area contributed by atoms with E-state index in [1.54, 1.807) is 11.3 Å². The summed E-state index contributed by atoms with van der Waals surface area (Å²) >= 11 is 1.67. The monoisotopic (exact) mass is 266 g/mol. The van der Waals surface area contributed by atoms with Gasteiger partial charge >= 0.3 is 0 Å². The third kappa shape index (κ3) is 2.06. The van der Waals surface area contributed by atoms with Gasteiger partial charge in [0.25, 0.3) is 0 Å². The third-order valence-electron chi connectivity index (χ3n) is 3.76. The predicted molar refractivity (Wildman–Crippen MR) is 70.8 cm³/mol. The van der Waals surface area contributed by atoms with Crippen LogP contribution in [-0.2, 0) is 16.0 Å². The summed E-state index contributed by atoms with van der Waals surface area (Å²) < 4.78 is 5.44. The molecule has 1 fully saturated rings. The van der Waals surface area contributed by atoms with Gasteiger partial charge in [0.1, 0.15) is 6.04 Å². The summed E-state index contributed by atoms with van der Waals surface area (Å²) in [4.78, 5) is 15.7. The number of nitrogens with one attached hydrogen (secondary N) is 1. The minimum absolute atomic E-state index is 0.178. The molecule has 0 aliphatic carbocycles. The lowest BCUT2D eigenvalue weighted by Gasteiger charge is -2.33. The van der Waals surface area contributed by atoms with E-state index in [-0.39, 0.29) is 18.1 Å². The first-order chi connectivity index (χ1) is 8.79. The maximum Gasteiger partial charge on any atom is 0.245 e. The standard InChI is InChI=1S/C13H18N2O2S/c1-14-11-12-9(4-7-18-12)2-5-15(13(11)16)8-10-3-6-17-10/h4,7,10-11,14H,2-3,5-6,8H2,1H3. The normalized spacial score (nSPS) is 27.6. The Hall–Kier alpha value is -0.910. The Bertz CT molecular complexity index is 442. The Labute approximate surface area is 111 Å². The first-order valence-corrected chi connectivity index (χ1v) is 7.31. The average molecular weight is 266 g/mol. The average Bonchev–Trinajstić information content (AvgIpc) is 2.72. The molecule has 1 amide bonds. The first kappa shape index (κ1) is 12.1. The van der Waals surface area contributed by atoms with Gasteiger partial charge in [0.2, 0.25) is 5.91 Å². The van der Waals surface area contributed by atoms with E-state index < -0.39 is 0 Å². The molecule has 1 N–H and O–H groups in total. The topological polar surface area (TPSA) is 41.6 Å². The van der Waals surface area contributed by atoms with Gasteiger partial charge in [0.15, 0.2) is 0 Å². The number of likely N-dealkylation sites (N-methyl/N-ethyl adjacent to an activating group) is 1. The molecule has 5 heteroatoms. The van der Waals surface area contributed by atoms with Crippen LogP contribution in [0.15, 0.2) is 11.4 Å². The molecule has 1 aromatic heterocycles. The summed E-state index contributed by atoms with van der Waals surface area (Å²) in [5.41, 5.74) is 1.31. The van der Waals surface area contributed by atoms with E-state index in [2.05, 4.69) is 16.8 Å². The second-order valence-corrected chi connectivity index (χ2v) is 5.80. The van der Waals surface area contributed by atoms with Crippen molar-refractivity contribution < 1.29 is 9.53 Å². The molecule has 0 bridgehead atoms. The number of fused-ring (bicyclic) bond motifs is 1. The zero-order valence-electron chi connectivity index (χ0n) is 10.5. The fourth-order valence-electron chi connectivity index (χ4n) is 2.58. The van der Waals surface area contributed by atoms with Gasteiger partial charge in [-0.2, -0.15) is 0 Å². The van der Waals surface area contributed by atoms with Crippen molar-refractivity contribution in [1.29, 1.82) is 0 Å². The maximum atomic E-state index is 12.5. The van der Waals surface area contributed by atoms with Crippen LogP contribution in [0.3, 0.4) is 0 Å². The zero-order valence-corrected chi connectivity index (χ0v) is 11.3. The number of hydrogen-bond acceptors (Lipinski definition) is 4. The van der Waals surface area contributed by atoms with Crippen LogP contribution >= 0.6 is 11.3 Å². The second-order valence-electron chi connectivity index (χ2n) is 4.85. The largest absolute Gasteiger partial charge is 0.376 e. The van der Waals surface area contributed by atoms with Crippen molar-refractivity contribution in [2.45, 2.75) is 25.0 Å². The Balaban J connectivity index is 1.79. The number of rotatable bonds is 3. The fraction of sp³-hybridized carbons (Fsp3) is 0.615. The molecule has 2 aliphatic rings. The van der Waals surface area contributed by atoms with E-state index in [1.807, 2.05) is 11.9 Å². The van der Waals surface area contributed by atoms with Crippen molar-refractivity contribution in [3.63, 3.8) is 0 Å². The predicted octanol–water partition coefficient (Wildman–Crippen LogP) is 1.18. The number of amides is 1. The van der Waals surface area contributed by atoms with E-state index in [0.717, 1.165) is 32.5 Å². The van der Waals surface area contributed by atoms with E-state index in [4.69, 9.17) is 4.74 Å². The third-order valence-corrected chi connectivity index (χ3v) is 4.78. The lowest BCUT2D eigenvalue weighted by molar-refractivity contribution is -0.138. The molecule has 1 saturated heterocycles. The Kier molecular flexibility index (Phi) is 3.37. The molecule has 98 valence electrons. The quantitative estimate of drug-likeness (QED) is 0.893. The molecule has 2 aliphatic heterocycles. The van der Waals surface area contributed by atoms with Crippen molar-refractivity contribution in [3.8, 4) is 0 Å². The second kappa shape index (κ2) is 4.99. The maximum absolute atomic E-state index is 12.5. The summed E-state index contributed by atoms with van der Waals surface area (Å²) in [5.74, 6) is 0.189. The summed E-state index contributed by atoms with van der Waals surface area (Å²) in [5, 5.41) is 5.23. The van der Waals surface area contributed by atoms with E-state index in [0.29, 0.717) is 0 Å². The molecular formula is C13H18N2O2S. The van der Waals surface area contributed by atoms with Crippen molar-refractivity contribution in [2.24, 2.45) is 0 Å². The number of hydrogen-bond donors (Lipinski definition) is 1. The van der Waals surface area contributed by atoms with Crippen molar-refractivity contribution >= 4 is 17.2 Å². The number of nitrogens with zero attached hydrogens (tertiary/aromatic N) is 1. The van der Waals surface area contributed by atoms with Gasteiger partial charge in [-0.15, -0.1) is 11.3 Å². The SMILES string of the molecule is CNC1C(=O)N(CC2CCO2)CCc2ccsc21. The van der Waals surface area contributed by atoms with Gasteiger partial charge in [-0.3, -0.25) is 4.79 Å². The van der Waals surface area contributed by atoms with Crippen LogP contribution in [0.1, 0.15) is 22.9 Å². The van der Waals surface area contributed by atoms with Crippen LogP contribution in [0.25, 0.3) is 0 Å². The number of ether oxygens (including phenoxy) is 1. The van der Waals surface area contributed by atoms with Crippen molar-refractivity contribution in [1.82, 2.24) is 10.2 Å². The molecule has 0 spiro atoms. The highest BCUT2D eigenvalue weighted by atomic mass is 32.1. The molecule has 18 heavy (non-hydrogen) atoms. The Morgan fingerprint density at radius 3 is 3.11 bits per heavy atom. The highest BCUT2D eigenvalue weighted by Gasteiger charge is 2.33. The van der Waals surface area contributed by atoms with Crippen molar-refractivity contribution in [3.05, 3.63) is 21.9 Å². The molecule has 3 heterocycles. The molecule has 1 aromatic rings. The lowest BCUT2D eigenvalue weighted by atomic mass is 10.1. The van der Waals surface area contributed by atoms with Gasteiger partial charge in [0.05, 0.1) is 6.10 Å². The molecule has 2 atom stereocenters. The number of thiophene rings is 1. The van der Waals surface area contributed by atoms with Gasteiger partial charge in [0, 0.05) is 24.6 Å². The summed E-state index contributed by atoms with van der Waals surface area (Å²) in [6.07, 6.45) is 2.29. The van der Waals surface area contributed by atoms with E-state index in [1.165, 1.54) is 10.4 Å². The van der Waals surface area contributed by atoms with Crippen LogP contribution in [0.4, 0.5) is 0 Å². The van der Waals surface area contributed by atoms with E-state index >= 15 is 0 Å². The number of carbonyl (C=O) groups is 1. The smallest absolute Gasteiger partial charge is 0.245 e. The highest BCUT2D eigenvalue weighted by Crippen LogP contribution is 2.30. The van der Waals surface area contributed by atoms with Crippen molar-refractivity contribution in [2.75, 3.05) is 26.7 Å². The van der Waals surface area contributed by atoms with Gasteiger partial charge < -0.3 is 15.0 Å². The Morgan fingerprint density at radius 2 is 2.44 bits per heavy atom. The fourth-order valence-corrected chi connectivity index (χ4v) is 3.63. The Morgan fingerprint density at radius 1 is 1.61 bits per heavy atom. The highest BCUT2D eigenvalue weighted by molar-refractivity contribution is 7.10. The number of carbonyl (C=O) groups excluding carboxylic acids is 1. The molecule has 0 saturated carbocycles. The summed E-state index contributed by atoms with van der Waals surface area (Å²) in [7, 11) is 1.86. The minimum Gasteiger partial charge on any atom is -0.376 e. The van der Waals surface area contributed by atoms with Crippen LogP contribution in [-0.4, -0.2) is 43.7 Å². The zero-order chi connectivity index (χ0) is 12.5. The molecule has 3 rings (SSSR count). The molecular weight excluding hydrogens is 248 g/mol. The van der Waals surface area contributed by atoms with Crippen LogP contribution in [0.2, 0.25) is 0 Å². The van der Waals surface area contributed by atoms with Crippen LogP contribution < -0.4 is 5.32 Å². The molecule has 4 nitrogen and oxygen atoms in total. The minimum atomic E-state index is -0.178. The van der Waals surface area contributed by atoms with Crippen LogP contribution in [0, 0.1) is 0 Å².